The van der Waals surface area contributed by atoms with Crippen LogP contribution in [0.3, 0.4) is 0 Å². The van der Waals surface area contributed by atoms with Crippen molar-refractivity contribution in [2.24, 2.45) is 0 Å². The Morgan fingerprint density at radius 3 is 2.55 bits per heavy atom. The van der Waals surface area contributed by atoms with Crippen molar-refractivity contribution in [2.75, 3.05) is 13.2 Å². The van der Waals surface area contributed by atoms with Gasteiger partial charge in [-0.3, -0.25) is 0 Å². The second kappa shape index (κ2) is 5.62. The van der Waals surface area contributed by atoms with Crippen LogP contribution in [0.15, 0.2) is 18.2 Å². The van der Waals surface area contributed by atoms with Crippen LogP contribution in [0.4, 0.5) is 0 Å². The van der Waals surface area contributed by atoms with Crippen LogP contribution in [-0.2, 0) is 6.54 Å². The van der Waals surface area contributed by atoms with E-state index in [9.17, 15) is 5.11 Å². The third-order valence-electron chi connectivity index (χ3n) is 4.10. The van der Waals surface area contributed by atoms with Crippen LogP contribution in [0, 0.1) is 0 Å². The molecular weight excluding hydrogens is 254 g/mol. The molecule has 0 bridgehead atoms. The fourth-order valence-electron chi connectivity index (χ4n) is 1.93. The first-order chi connectivity index (χ1) is 9.31. The molecule has 1 aliphatic heterocycles. The minimum absolute atomic E-state index is 0.401. The summed E-state index contributed by atoms with van der Waals surface area (Å²) in [5, 5.41) is 13.6. The van der Waals surface area contributed by atoms with Crippen molar-refractivity contribution in [3.05, 3.63) is 23.8 Å². The predicted molar refractivity (Wildman–Crippen MR) is 79.3 cm³/mol. The number of hydrogen-bond acceptors (Lipinski definition) is 4. The highest BCUT2D eigenvalue weighted by Gasteiger charge is 2.34. The van der Waals surface area contributed by atoms with E-state index in [4.69, 9.17) is 9.47 Å². The van der Waals surface area contributed by atoms with Gasteiger partial charge in [-0.2, -0.15) is 0 Å². The molecule has 0 unspecified atom stereocenters. The summed E-state index contributed by atoms with van der Waals surface area (Å²) in [6, 6.07) is 5.94. The van der Waals surface area contributed by atoms with Crippen LogP contribution < -0.4 is 14.8 Å². The summed E-state index contributed by atoms with van der Waals surface area (Å²) in [6.45, 7) is 9.61. The van der Waals surface area contributed by atoms with E-state index in [1.54, 1.807) is 0 Å². The van der Waals surface area contributed by atoms with E-state index in [2.05, 4.69) is 5.32 Å². The van der Waals surface area contributed by atoms with Gasteiger partial charge >= 0.3 is 0 Å². The maximum absolute atomic E-state index is 10.2. The van der Waals surface area contributed by atoms with Crippen LogP contribution in [0.1, 0.15) is 39.7 Å². The Balaban J connectivity index is 2.15. The van der Waals surface area contributed by atoms with Crippen LogP contribution in [0.2, 0.25) is 0 Å². The van der Waals surface area contributed by atoms with E-state index in [0.717, 1.165) is 23.5 Å². The zero-order chi connectivity index (χ0) is 14.8. The van der Waals surface area contributed by atoms with Crippen molar-refractivity contribution in [3.63, 3.8) is 0 Å². The smallest absolute Gasteiger partial charge is 0.165 e. The van der Waals surface area contributed by atoms with E-state index in [-0.39, 0.29) is 0 Å². The molecule has 0 saturated heterocycles. The van der Waals surface area contributed by atoms with Gasteiger partial charge in [-0.15, -0.1) is 0 Å². The summed E-state index contributed by atoms with van der Waals surface area (Å²) >= 11 is 0. The van der Waals surface area contributed by atoms with Gasteiger partial charge in [-0.25, -0.2) is 0 Å². The average Bonchev–Trinajstić information content (AvgIpc) is 2.60. The molecule has 1 aliphatic rings. The lowest BCUT2D eigenvalue weighted by molar-refractivity contribution is -0.00541. The lowest BCUT2D eigenvalue weighted by Gasteiger charge is -2.38. The highest BCUT2D eigenvalue weighted by molar-refractivity contribution is 5.47. The molecule has 4 heteroatoms. The van der Waals surface area contributed by atoms with Crippen molar-refractivity contribution >= 4 is 0 Å². The lowest BCUT2D eigenvalue weighted by Crippen LogP contribution is -2.55. The molecule has 0 aliphatic carbocycles. The summed E-state index contributed by atoms with van der Waals surface area (Å²) in [4.78, 5) is 0. The number of para-hydroxylation sites is 1. The zero-order valence-electron chi connectivity index (χ0n) is 12.8. The molecule has 0 aromatic heterocycles. The van der Waals surface area contributed by atoms with Gasteiger partial charge < -0.3 is 19.9 Å². The van der Waals surface area contributed by atoms with Gasteiger partial charge in [-0.05, 0) is 33.8 Å². The molecule has 20 heavy (non-hydrogen) atoms. The highest BCUT2D eigenvalue weighted by atomic mass is 16.5. The summed E-state index contributed by atoms with van der Waals surface area (Å²) in [5.74, 6) is 1.63. The maximum Gasteiger partial charge on any atom is 0.165 e. The van der Waals surface area contributed by atoms with Crippen LogP contribution >= 0.6 is 0 Å². The zero-order valence-corrected chi connectivity index (χ0v) is 12.8. The summed E-state index contributed by atoms with van der Waals surface area (Å²) in [6.07, 6.45) is 0.900. The quantitative estimate of drug-likeness (QED) is 0.889. The van der Waals surface area contributed by atoms with Crippen molar-refractivity contribution < 1.29 is 14.6 Å². The number of aliphatic hydroxyl groups is 1. The molecule has 0 atom stereocenters. The number of fused-ring (bicyclic) bond motifs is 1. The fraction of sp³-hybridized carbons (Fsp3) is 0.625. The number of hydrogen-bond donors (Lipinski definition) is 2. The Kier molecular flexibility index (Phi) is 4.25. The SMILES string of the molecule is CC(C)(O)C(C)(C)NCc1cccc2c1OCCCO2. The lowest BCUT2D eigenvalue weighted by atomic mass is 9.86. The Morgan fingerprint density at radius 2 is 1.85 bits per heavy atom. The molecule has 0 saturated carbocycles. The molecular formula is C16H25NO3. The second-order valence-electron chi connectivity index (χ2n) is 6.33. The molecule has 112 valence electrons. The third kappa shape index (κ3) is 3.25. The summed E-state index contributed by atoms with van der Waals surface area (Å²) in [5.41, 5.74) is -0.154. The molecule has 1 aromatic carbocycles. The number of rotatable bonds is 4. The summed E-state index contributed by atoms with van der Waals surface area (Å²) < 4.78 is 11.5. The van der Waals surface area contributed by atoms with Gasteiger partial charge in [0.2, 0.25) is 0 Å². The van der Waals surface area contributed by atoms with Crippen molar-refractivity contribution in [2.45, 2.75) is 51.8 Å². The van der Waals surface area contributed by atoms with Crippen molar-refractivity contribution in [3.8, 4) is 11.5 Å². The van der Waals surface area contributed by atoms with Gasteiger partial charge in [0.15, 0.2) is 11.5 Å². The van der Waals surface area contributed by atoms with E-state index in [0.29, 0.717) is 19.8 Å². The average molecular weight is 279 g/mol. The van der Waals surface area contributed by atoms with Crippen LogP contribution in [-0.4, -0.2) is 29.5 Å². The van der Waals surface area contributed by atoms with Gasteiger partial charge in [0.25, 0.3) is 0 Å². The van der Waals surface area contributed by atoms with E-state index in [1.807, 2.05) is 45.9 Å². The number of benzene rings is 1. The normalized spacial score (nSPS) is 15.8. The first-order valence-electron chi connectivity index (χ1n) is 7.16. The number of nitrogens with one attached hydrogen (secondary N) is 1. The first-order valence-corrected chi connectivity index (χ1v) is 7.16. The monoisotopic (exact) mass is 279 g/mol. The molecule has 0 amide bonds. The summed E-state index contributed by atoms with van der Waals surface area (Å²) in [7, 11) is 0. The Bertz CT molecular complexity index is 463. The third-order valence-corrected chi connectivity index (χ3v) is 4.10. The molecule has 0 fully saturated rings. The van der Waals surface area contributed by atoms with Gasteiger partial charge in [-0.1, -0.05) is 12.1 Å². The second-order valence-corrected chi connectivity index (χ2v) is 6.33. The van der Waals surface area contributed by atoms with E-state index < -0.39 is 11.1 Å². The molecule has 0 radical (unpaired) electrons. The predicted octanol–water partition coefficient (Wildman–Crippen LogP) is 2.49. The Morgan fingerprint density at radius 1 is 1.15 bits per heavy atom. The molecule has 4 nitrogen and oxygen atoms in total. The standard InChI is InChI=1S/C16H25NO3/c1-15(2,16(3,4)18)17-11-12-7-5-8-13-14(12)20-10-6-9-19-13/h5,7-8,17-18H,6,9-11H2,1-4H3. The molecule has 1 aromatic rings. The highest BCUT2D eigenvalue weighted by Crippen LogP contribution is 2.33. The van der Waals surface area contributed by atoms with Gasteiger partial charge in [0, 0.05) is 24.1 Å². The number of ether oxygens (including phenoxy) is 2. The minimum atomic E-state index is -0.809. The maximum atomic E-state index is 10.2. The fourth-order valence-corrected chi connectivity index (χ4v) is 1.93. The minimum Gasteiger partial charge on any atom is -0.490 e. The van der Waals surface area contributed by atoms with E-state index in [1.165, 1.54) is 0 Å². The Hall–Kier alpha value is -1.26. The van der Waals surface area contributed by atoms with Crippen LogP contribution in [0.25, 0.3) is 0 Å². The molecule has 2 rings (SSSR count). The largest absolute Gasteiger partial charge is 0.490 e. The topological polar surface area (TPSA) is 50.7 Å². The van der Waals surface area contributed by atoms with Crippen molar-refractivity contribution in [1.82, 2.24) is 5.32 Å². The molecule has 2 N–H and O–H groups in total. The van der Waals surface area contributed by atoms with Crippen LogP contribution in [0.5, 0.6) is 11.5 Å². The van der Waals surface area contributed by atoms with E-state index >= 15 is 0 Å². The molecule has 0 spiro atoms. The molecule has 1 heterocycles. The van der Waals surface area contributed by atoms with Gasteiger partial charge in [0.1, 0.15) is 0 Å². The first kappa shape index (κ1) is 15.1. The Labute approximate surface area is 121 Å². The van der Waals surface area contributed by atoms with Gasteiger partial charge in [0.05, 0.1) is 18.8 Å². The van der Waals surface area contributed by atoms with Crippen molar-refractivity contribution in [1.29, 1.82) is 0 Å².